The largest absolute Gasteiger partial charge is 0.489 e. The topological polar surface area (TPSA) is 38.7 Å². The van der Waals surface area contributed by atoms with Crippen molar-refractivity contribution in [2.45, 2.75) is 50.7 Å². The van der Waals surface area contributed by atoms with Crippen LogP contribution in [0.4, 0.5) is 13.2 Å². The third-order valence-corrected chi connectivity index (χ3v) is 5.88. The van der Waals surface area contributed by atoms with Crippen molar-refractivity contribution in [2.75, 3.05) is 6.61 Å². The van der Waals surface area contributed by atoms with Gasteiger partial charge in [-0.2, -0.15) is 13.2 Å². The Balaban J connectivity index is 1.62. The Morgan fingerprint density at radius 1 is 1.06 bits per heavy atom. The van der Waals surface area contributed by atoms with Crippen LogP contribution in [-0.4, -0.2) is 17.8 Å². The number of benzene rings is 3. The van der Waals surface area contributed by atoms with Crippen LogP contribution in [0.15, 0.2) is 60.7 Å². The highest BCUT2D eigenvalue weighted by Gasteiger charge is 2.39. The van der Waals surface area contributed by atoms with Gasteiger partial charge in [0.2, 0.25) is 0 Å². The standard InChI is InChI=1S/C25H25F3O3/c1-2-22-15-24(29,9-10-30-22)20-12-21(25(26,27)28)14-23(13-20)31-16-17-7-8-18-5-3-4-6-19(18)11-17/h3-8,11-14,22,29H,2,9-10,15-16H2,1H3. The first-order valence-corrected chi connectivity index (χ1v) is 10.4. The second kappa shape index (κ2) is 8.52. The Morgan fingerprint density at radius 3 is 2.58 bits per heavy atom. The van der Waals surface area contributed by atoms with Crippen molar-refractivity contribution in [3.8, 4) is 5.75 Å². The molecule has 1 aliphatic heterocycles. The molecule has 0 saturated carbocycles. The van der Waals surface area contributed by atoms with Crippen molar-refractivity contribution in [2.24, 2.45) is 0 Å². The van der Waals surface area contributed by atoms with Gasteiger partial charge in [-0.1, -0.05) is 43.3 Å². The van der Waals surface area contributed by atoms with Crippen LogP contribution in [0.2, 0.25) is 0 Å². The minimum absolute atomic E-state index is 0.0888. The van der Waals surface area contributed by atoms with Gasteiger partial charge in [0, 0.05) is 12.8 Å². The quantitative estimate of drug-likeness (QED) is 0.523. The highest BCUT2D eigenvalue weighted by molar-refractivity contribution is 5.82. The first kappa shape index (κ1) is 21.7. The zero-order valence-electron chi connectivity index (χ0n) is 17.3. The molecule has 164 valence electrons. The Labute approximate surface area is 179 Å². The molecule has 1 fully saturated rings. The third kappa shape index (κ3) is 4.86. The van der Waals surface area contributed by atoms with Gasteiger partial charge in [-0.3, -0.25) is 0 Å². The molecular formula is C25H25F3O3. The maximum Gasteiger partial charge on any atom is 0.416 e. The molecule has 2 atom stereocenters. The summed E-state index contributed by atoms with van der Waals surface area (Å²) in [6.45, 7) is 2.36. The minimum Gasteiger partial charge on any atom is -0.489 e. The van der Waals surface area contributed by atoms with Crippen LogP contribution in [0.25, 0.3) is 10.8 Å². The predicted octanol–water partition coefficient (Wildman–Crippen LogP) is 6.21. The van der Waals surface area contributed by atoms with E-state index in [1.807, 2.05) is 49.4 Å². The highest BCUT2D eigenvalue weighted by Crippen LogP contribution is 2.40. The predicted molar refractivity (Wildman–Crippen MR) is 113 cm³/mol. The molecule has 6 heteroatoms. The number of aliphatic hydroxyl groups is 1. The van der Waals surface area contributed by atoms with E-state index in [-0.39, 0.29) is 36.9 Å². The molecule has 3 aromatic rings. The van der Waals surface area contributed by atoms with Crippen LogP contribution in [0.1, 0.15) is 42.9 Å². The molecule has 0 spiro atoms. The van der Waals surface area contributed by atoms with Gasteiger partial charge >= 0.3 is 6.18 Å². The van der Waals surface area contributed by atoms with E-state index < -0.39 is 17.3 Å². The molecule has 1 heterocycles. The second-order valence-corrected chi connectivity index (χ2v) is 8.10. The number of rotatable bonds is 5. The first-order valence-electron chi connectivity index (χ1n) is 10.4. The van der Waals surface area contributed by atoms with Gasteiger partial charge in [-0.15, -0.1) is 0 Å². The minimum atomic E-state index is -4.54. The number of hydrogen-bond acceptors (Lipinski definition) is 3. The number of ether oxygens (including phenoxy) is 2. The van der Waals surface area contributed by atoms with Gasteiger partial charge in [-0.05, 0) is 52.6 Å². The van der Waals surface area contributed by atoms with Crippen molar-refractivity contribution < 1.29 is 27.8 Å². The van der Waals surface area contributed by atoms with E-state index in [9.17, 15) is 18.3 Å². The van der Waals surface area contributed by atoms with Gasteiger partial charge in [0.25, 0.3) is 0 Å². The Kier molecular flexibility index (Phi) is 5.95. The van der Waals surface area contributed by atoms with Gasteiger partial charge in [0.1, 0.15) is 12.4 Å². The summed E-state index contributed by atoms with van der Waals surface area (Å²) < 4.78 is 52.0. The molecule has 0 amide bonds. The second-order valence-electron chi connectivity index (χ2n) is 8.10. The number of halogens is 3. The SMILES string of the molecule is CCC1CC(O)(c2cc(OCc3ccc4ccccc4c3)cc(C(F)(F)F)c2)CCO1. The van der Waals surface area contributed by atoms with E-state index in [4.69, 9.17) is 9.47 Å². The third-order valence-electron chi connectivity index (χ3n) is 5.88. The van der Waals surface area contributed by atoms with E-state index in [1.54, 1.807) is 0 Å². The molecule has 31 heavy (non-hydrogen) atoms. The van der Waals surface area contributed by atoms with Crippen molar-refractivity contribution in [3.63, 3.8) is 0 Å². The van der Waals surface area contributed by atoms with E-state index in [0.717, 1.165) is 28.5 Å². The van der Waals surface area contributed by atoms with Crippen LogP contribution in [-0.2, 0) is 23.1 Å². The average Bonchev–Trinajstić information content (AvgIpc) is 2.76. The van der Waals surface area contributed by atoms with Crippen LogP contribution < -0.4 is 4.74 Å². The number of fused-ring (bicyclic) bond motifs is 1. The summed E-state index contributed by atoms with van der Waals surface area (Å²) in [6, 6.07) is 17.2. The van der Waals surface area contributed by atoms with E-state index >= 15 is 0 Å². The fourth-order valence-electron chi connectivity index (χ4n) is 4.07. The molecule has 3 aromatic carbocycles. The molecule has 0 aromatic heterocycles. The van der Waals surface area contributed by atoms with E-state index in [0.29, 0.717) is 13.0 Å². The smallest absolute Gasteiger partial charge is 0.416 e. The van der Waals surface area contributed by atoms with Gasteiger partial charge in [0.15, 0.2) is 0 Å². The number of alkyl halides is 3. The lowest BCUT2D eigenvalue weighted by molar-refractivity contribution is -0.138. The fourth-order valence-corrected chi connectivity index (χ4v) is 4.07. The summed E-state index contributed by atoms with van der Waals surface area (Å²) in [5, 5.41) is 13.3. The molecule has 4 rings (SSSR count). The van der Waals surface area contributed by atoms with Crippen LogP contribution in [0.3, 0.4) is 0 Å². The highest BCUT2D eigenvalue weighted by atomic mass is 19.4. The lowest BCUT2D eigenvalue weighted by atomic mass is 9.82. The zero-order chi connectivity index (χ0) is 22.1. The summed E-state index contributed by atoms with van der Waals surface area (Å²) in [6.07, 6.45) is -3.53. The summed E-state index contributed by atoms with van der Waals surface area (Å²) in [5.74, 6) is 0.0888. The summed E-state index contributed by atoms with van der Waals surface area (Å²) >= 11 is 0. The van der Waals surface area contributed by atoms with Crippen molar-refractivity contribution in [3.05, 3.63) is 77.4 Å². The lowest BCUT2D eigenvalue weighted by Crippen LogP contribution is -2.38. The monoisotopic (exact) mass is 430 g/mol. The first-order chi connectivity index (χ1) is 14.8. The van der Waals surface area contributed by atoms with Gasteiger partial charge in [0.05, 0.1) is 23.9 Å². The summed E-state index contributed by atoms with van der Waals surface area (Å²) in [5.41, 5.74) is -1.13. The van der Waals surface area contributed by atoms with Gasteiger partial charge in [-0.25, -0.2) is 0 Å². The molecule has 1 saturated heterocycles. The molecule has 2 unspecified atom stereocenters. The molecule has 0 bridgehead atoms. The maximum atomic E-state index is 13.6. The molecule has 3 nitrogen and oxygen atoms in total. The normalized spacial score (nSPS) is 21.9. The molecule has 0 aliphatic carbocycles. The van der Waals surface area contributed by atoms with E-state index in [2.05, 4.69) is 0 Å². The Hall–Kier alpha value is -2.57. The zero-order valence-corrected chi connectivity index (χ0v) is 17.3. The molecular weight excluding hydrogens is 405 g/mol. The van der Waals surface area contributed by atoms with Gasteiger partial charge < -0.3 is 14.6 Å². The van der Waals surface area contributed by atoms with Crippen molar-refractivity contribution >= 4 is 10.8 Å². The van der Waals surface area contributed by atoms with Crippen LogP contribution in [0, 0.1) is 0 Å². The van der Waals surface area contributed by atoms with Crippen LogP contribution >= 0.6 is 0 Å². The van der Waals surface area contributed by atoms with E-state index in [1.165, 1.54) is 6.07 Å². The summed E-state index contributed by atoms with van der Waals surface area (Å²) in [7, 11) is 0. The Bertz CT molecular complexity index is 1060. The van der Waals surface area contributed by atoms with Crippen molar-refractivity contribution in [1.29, 1.82) is 0 Å². The van der Waals surface area contributed by atoms with Crippen molar-refractivity contribution in [1.82, 2.24) is 0 Å². The average molecular weight is 430 g/mol. The fraction of sp³-hybridized carbons (Fsp3) is 0.360. The molecule has 1 aliphatic rings. The Morgan fingerprint density at radius 2 is 1.84 bits per heavy atom. The number of hydrogen-bond donors (Lipinski definition) is 1. The molecule has 1 N–H and O–H groups in total. The lowest BCUT2D eigenvalue weighted by Gasteiger charge is -2.37. The maximum absolute atomic E-state index is 13.6. The summed E-state index contributed by atoms with van der Waals surface area (Å²) in [4.78, 5) is 0. The van der Waals surface area contributed by atoms with Crippen LogP contribution in [0.5, 0.6) is 5.75 Å². The molecule has 0 radical (unpaired) electrons.